The molecule has 0 spiro atoms. The standard InChI is InChI=1S/C22H23N3O/c23-21(26)22(17-7-3-1-4-8-17,18-9-5-2-6-10-18)19-11-12-20(15-19)25-14-13-24-16-25/h1-10,13-14,16,19-20H,11-12,15H2,(H2,23,26)/t19?,20-/m1/s1. The van der Waals surface area contributed by atoms with E-state index in [1.54, 1.807) is 0 Å². The van der Waals surface area contributed by atoms with Gasteiger partial charge >= 0.3 is 0 Å². The monoisotopic (exact) mass is 345 g/mol. The van der Waals surface area contributed by atoms with Crippen molar-refractivity contribution < 1.29 is 4.79 Å². The molecule has 0 radical (unpaired) electrons. The Hall–Kier alpha value is -2.88. The van der Waals surface area contributed by atoms with E-state index in [-0.39, 0.29) is 11.8 Å². The zero-order valence-corrected chi connectivity index (χ0v) is 14.7. The van der Waals surface area contributed by atoms with E-state index >= 15 is 0 Å². The van der Waals surface area contributed by atoms with Gasteiger partial charge in [0.2, 0.25) is 5.91 Å². The van der Waals surface area contributed by atoms with Crippen LogP contribution >= 0.6 is 0 Å². The molecule has 1 heterocycles. The number of nitrogens with zero attached hydrogens (tertiary/aromatic N) is 2. The van der Waals surface area contributed by atoms with Gasteiger partial charge in [-0.25, -0.2) is 4.98 Å². The fourth-order valence-electron chi connectivity index (χ4n) is 4.63. The quantitative estimate of drug-likeness (QED) is 0.766. The fourth-order valence-corrected chi connectivity index (χ4v) is 4.63. The molecule has 1 aliphatic rings. The molecule has 4 nitrogen and oxygen atoms in total. The number of primary amides is 1. The summed E-state index contributed by atoms with van der Waals surface area (Å²) in [5.74, 6) is -0.122. The zero-order valence-electron chi connectivity index (χ0n) is 14.7. The summed E-state index contributed by atoms with van der Waals surface area (Å²) in [6.07, 6.45) is 8.56. The van der Waals surface area contributed by atoms with Gasteiger partial charge in [0.1, 0.15) is 5.41 Å². The minimum absolute atomic E-state index is 0.150. The van der Waals surface area contributed by atoms with E-state index in [2.05, 4.69) is 9.55 Å². The first kappa shape index (κ1) is 16.6. The van der Waals surface area contributed by atoms with E-state index in [4.69, 9.17) is 5.73 Å². The highest BCUT2D eigenvalue weighted by atomic mass is 16.1. The number of carbonyl (C=O) groups excluding carboxylic acids is 1. The van der Waals surface area contributed by atoms with Gasteiger partial charge in [-0.2, -0.15) is 0 Å². The molecule has 132 valence electrons. The van der Waals surface area contributed by atoms with E-state index in [0.717, 1.165) is 30.4 Å². The van der Waals surface area contributed by atoms with Crippen molar-refractivity contribution in [1.29, 1.82) is 0 Å². The summed E-state index contributed by atoms with van der Waals surface area (Å²) in [5.41, 5.74) is 7.28. The number of hydrogen-bond donors (Lipinski definition) is 1. The maximum absolute atomic E-state index is 13.0. The highest BCUT2D eigenvalue weighted by Crippen LogP contribution is 2.49. The lowest BCUT2D eigenvalue weighted by atomic mass is 9.64. The number of benzene rings is 2. The van der Waals surface area contributed by atoms with Gasteiger partial charge in [0.05, 0.1) is 6.33 Å². The van der Waals surface area contributed by atoms with Gasteiger partial charge in [-0.15, -0.1) is 0 Å². The van der Waals surface area contributed by atoms with Crippen molar-refractivity contribution in [3.8, 4) is 0 Å². The third-order valence-corrected chi connectivity index (χ3v) is 5.81. The van der Waals surface area contributed by atoms with Gasteiger partial charge in [-0.05, 0) is 36.3 Å². The van der Waals surface area contributed by atoms with Crippen molar-refractivity contribution in [1.82, 2.24) is 9.55 Å². The molecule has 2 N–H and O–H groups in total. The van der Waals surface area contributed by atoms with Gasteiger partial charge < -0.3 is 10.3 Å². The van der Waals surface area contributed by atoms with Gasteiger partial charge in [0, 0.05) is 18.4 Å². The van der Waals surface area contributed by atoms with Crippen LogP contribution in [0.25, 0.3) is 0 Å². The Balaban J connectivity index is 1.82. The van der Waals surface area contributed by atoms with E-state index in [1.165, 1.54) is 0 Å². The Morgan fingerprint density at radius 2 is 1.62 bits per heavy atom. The third-order valence-electron chi connectivity index (χ3n) is 5.81. The van der Waals surface area contributed by atoms with Gasteiger partial charge in [-0.1, -0.05) is 60.7 Å². The maximum atomic E-state index is 13.0. The highest BCUT2D eigenvalue weighted by Gasteiger charge is 2.49. The molecule has 2 atom stereocenters. The normalized spacial score (nSPS) is 20.2. The molecule has 4 heteroatoms. The largest absolute Gasteiger partial charge is 0.369 e. The first-order chi connectivity index (χ1) is 12.7. The van der Waals surface area contributed by atoms with Crippen molar-refractivity contribution in [2.45, 2.75) is 30.7 Å². The number of amides is 1. The lowest BCUT2D eigenvalue weighted by molar-refractivity contribution is -0.123. The molecule has 1 fully saturated rings. The third kappa shape index (κ3) is 2.62. The number of nitrogens with two attached hydrogens (primary N) is 1. The molecular formula is C22H23N3O. The van der Waals surface area contributed by atoms with Crippen LogP contribution in [-0.4, -0.2) is 15.5 Å². The van der Waals surface area contributed by atoms with Crippen molar-refractivity contribution >= 4 is 5.91 Å². The van der Waals surface area contributed by atoms with Crippen LogP contribution in [0.15, 0.2) is 79.4 Å². The van der Waals surface area contributed by atoms with Crippen LogP contribution in [0.4, 0.5) is 0 Å². The fraction of sp³-hybridized carbons (Fsp3) is 0.273. The van der Waals surface area contributed by atoms with Crippen LogP contribution in [0.3, 0.4) is 0 Å². The lowest BCUT2D eigenvalue weighted by Crippen LogP contribution is -2.47. The van der Waals surface area contributed by atoms with Crippen LogP contribution in [0.1, 0.15) is 36.4 Å². The van der Waals surface area contributed by atoms with Crippen molar-refractivity contribution in [3.63, 3.8) is 0 Å². The van der Waals surface area contributed by atoms with Gasteiger partial charge in [-0.3, -0.25) is 4.79 Å². The summed E-state index contributed by atoms with van der Waals surface area (Å²) < 4.78 is 2.15. The second-order valence-corrected chi connectivity index (χ2v) is 7.08. The number of hydrogen-bond acceptors (Lipinski definition) is 2. The Bertz CT molecular complexity index is 819. The Morgan fingerprint density at radius 3 is 2.12 bits per heavy atom. The van der Waals surface area contributed by atoms with E-state index < -0.39 is 5.41 Å². The first-order valence-corrected chi connectivity index (χ1v) is 9.11. The molecule has 4 rings (SSSR count). The average molecular weight is 345 g/mol. The number of aromatic nitrogens is 2. The molecule has 0 saturated heterocycles. The van der Waals surface area contributed by atoms with Crippen molar-refractivity contribution in [2.24, 2.45) is 11.7 Å². The van der Waals surface area contributed by atoms with Crippen molar-refractivity contribution in [3.05, 3.63) is 90.5 Å². The summed E-state index contributed by atoms with van der Waals surface area (Å²) in [4.78, 5) is 17.2. The Morgan fingerprint density at radius 1 is 1.00 bits per heavy atom. The zero-order chi connectivity index (χ0) is 18.0. The van der Waals surface area contributed by atoms with Crippen LogP contribution < -0.4 is 5.73 Å². The molecule has 1 saturated carbocycles. The molecule has 0 bridgehead atoms. The molecule has 26 heavy (non-hydrogen) atoms. The predicted octanol–water partition coefficient (Wildman–Crippen LogP) is 3.70. The highest BCUT2D eigenvalue weighted by molar-refractivity contribution is 5.91. The number of imidazole rings is 1. The topological polar surface area (TPSA) is 60.9 Å². The smallest absolute Gasteiger partial charge is 0.232 e. The first-order valence-electron chi connectivity index (χ1n) is 9.11. The minimum atomic E-state index is -0.808. The van der Waals surface area contributed by atoms with E-state index in [0.29, 0.717) is 6.04 Å². The Kier molecular flexibility index (Phi) is 4.33. The molecule has 1 aliphatic carbocycles. The van der Waals surface area contributed by atoms with Crippen LogP contribution in [0.2, 0.25) is 0 Å². The number of carbonyl (C=O) groups is 1. The molecule has 1 unspecified atom stereocenters. The summed E-state index contributed by atoms with van der Waals surface area (Å²) >= 11 is 0. The molecule has 2 aromatic carbocycles. The maximum Gasteiger partial charge on any atom is 0.232 e. The second kappa shape index (κ2) is 6.79. The molecular weight excluding hydrogens is 322 g/mol. The molecule has 3 aromatic rings. The second-order valence-electron chi connectivity index (χ2n) is 7.08. The molecule has 0 aliphatic heterocycles. The number of rotatable bonds is 5. The van der Waals surface area contributed by atoms with E-state index in [1.807, 2.05) is 79.4 Å². The summed E-state index contributed by atoms with van der Waals surface area (Å²) in [6, 6.07) is 20.4. The molecule has 1 aromatic heterocycles. The minimum Gasteiger partial charge on any atom is -0.369 e. The van der Waals surface area contributed by atoms with Crippen LogP contribution in [0.5, 0.6) is 0 Å². The SMILES string of the molecule is NC(=O)C(c1ccccc1)(c1ccccc1)C1CC[C@@H](n2ccnc2)C1. The van der Waals surface area contributed by atoms with Crippen molar-refractivity contribution in [2.75, 3.05) is 0 Å². The molecule has 1 amide bonds. The van der Waals surface area contributed by atoms with Gasteiger partial charge in [0.25, 0.3) is 0 Å². The lowest BCUT2D eigenvalue weighted by Gasteiger charge is -2.37. The summed E-state index contributed by atoms with van der Waals surface area (Å²) in [5, 5.41) is 0. The van der Waals surface area contributed by atoms with Crippen LogP contribution in [0, 0.1) is 5.92 Å². The Labute approximate surface area is 153 Å². The summed E-state index contributed by atoms with van der Waals surface area (Å²) in [7, 11) is 0. The average Bonchev–Trinajstić information content (AvgIpc) is 3.36. The van der Waals surface area contributed by atoms with Gasteiger partial charge in [0.15, 0.2) is 0 Å². The van der Waals surface area contributed by atoms with Crippen LogP contribution in [-0.2, 0) is 10.2 Å². The summed E-state index contributed by atoms with van der Waals surface area (Å²) in [6.45, 7) is 0. The van der Waals surface area contributed by atoms with E-state index in [9.17, 15) is 4.79 Å². The predicted molar refractivity (Wildman–Crippen MR) is 101 cm³/mol.